The Bertz CT molecular complexity index is 1160. The zero-order valence-electron chi connectivity index (χ0n) is 22.8. The Morgan fingerprint density at radius 2 is 1.47 bits per heavy atom. The number of hydrogen-bond donors (Lipinski definition) is 1. The first kappa shape index (κ1) is 29.8. The summed E-state index contributed by atoms with van der Waals surface area (Å²) in [4.78, 5) is 5.00. The number of hydrogen-bond acceptors (Lipinski definition) is 2. The molecule has 0 saturated heterocycles. The summed E-state index contributed by atoms with van der Waals surface area (Å²) in [5.41, 5.74) is 5.38. The molecule has 0 radical (unpaired) electrons. The van der Waals surface area contributed by atoms with Crippen molar-refractivity contribution in [1.29, 1.82) is 0 Å². The smallest absolute Gasteiger partial charge is 0.229 e. The largest absolute Gasteiger partial charge is 0.384 e. The molecule has 0 spiro atoms. The number of alkyl halides is 2. The Morgan fingerprint density at radius 3 is 2.00 bits per heavy atom. The summed E-state index contributed by atoms with van der Waals surface area (Å²) in [6.07, 6.45) is 7.43. The van der Waals surface area contributed by atoms with Gasteiger partial charge in [-0.25, -0.2) is 17.6 Å². The van der Waals surface area contributed by atoms with Gasteiger partial charge in [-0.15, -0.1) is 0 Å². The van der Waals surface area contributed by atoms with Crippen molar-refractivity contribution in [2.75, 3.05) is 6.93 Å². The number of aromatic nitrogens is 1. The molecule has 206 valence electrons. The van der Waals surface area contributed by atoms with Gasteiger partial charge in [0.25, 0.3) is 0 Å². The van der Waals surface area contributed by atoms with Gasteiger partial charge in [-0.1, -0.05) is 71.2 Å². The fraction of sp³-hybridized carbons (Fsp3) is 0.469. The third-order valence-corrected chi connectivity index (χ3v) is 7.86. The van der Waals surface area contributed by atoms with Crippen molar-refractivity contribution in [2.24, 2.45) is 5.41 Å². The summed E-state index contributed by atoms with van der Waals surface area (Å²) < 4.78 is 46.9. The Labute approximate surface area is 224 Å². The van der Waals surface area contributed by atoms with Crippen molar-refractivity contribution in [3.63, 3.8) is 0 Å². The Morgan fingerprint density at radius 1 is 0.947 bits per heavy atom. The van der Waals surface area contributed by atoms with Gasteiger partial charge in [-0.05, 0) is 77.1 Å². The summed E-state index contributed by atoms with van der Waals surface area (Å²) >= 11 is 0. The van der Waals surface area contributed by atoms with E-state index in [-0.39, 0.29) is 28.9 Å². The van der Waals surface area contributed by atoms with Crippen LogP contribution in [0.1, 0.15) is 107 Å². The van der Waals surface area contributed by atoms with E-state index in [9.17, 15) is 22.7 Å². The number of halogens is 4. The van der Waals surface area contributed by atoms with Gasteiger partial charge < -0.3 is 5.11 Å². The lowest BCUT2D eigenvalue weighted by Crippen LogP contribution is -2.17. The molecule has 1 aliphatic rings. The first-order valence-electron chi connectivity index (χ1n) is 13.5. The second kappa shape index (κ2) is 13.4. The second-order valence-corrected chi connectivity index (χ2v) is 11.1. The number of rotatable bonds is 8. The number of benzene rings is 2. The highest BCUT2D eigenvalue weighted by Crippen LogP contribution is 2.46. The predicted octanol–water partition coefficient (Wildman–Crippen LogP) is 9.58. The van der Waals surface area contributed by atoms with E-state index in [0.717, 1.165) is 66.5 Å². The van der Waals surface area contributed by atoms with Gasteiger partial charge in [0.15, 0.2) is 0 Å². The quantitative estimate of drug-likeness (QED) is 0.295. The SMILES string of the molecule is CCC(C)(C)C[C@H](C)c1cnc(C2CCCC2)c(C(O)c2ccc(F)cc2)c1-c1ccc(F)cc1.FCF. The monoisotopic (exact) mass is 529 g/mol. The minimum Gasteiger partial charge on any atom is -0.384 e. The van der Waals surface area contributed by atoms with Crippen LogP contribution < -0.4 is 0 Å². The predicted molar refractivity (Wildman–Crippen MR) is 145 cm³/mol. The van der Waals surface area contributed by atoms with Crippen molar-refractivity contribution in [1.82, 2.24) is 4.98 Å². The first-order chi connectivity index (χ1) is 18.1. The molecule has 38 heavy (non-hydrogen) atoms. The van der Waals surface area contributed by atoms with Crippen LogP contribution in [-0.2, 0) is 0 Å². The molecule has 1 heterocycles. The minimum absolute atomic E-state index is 0.152. The van der Waals surface area contributed by atoms with Crippen LogP contribution in [0.3, 0.4) is 0 Å². The molecule has 1 saturated carbocycles. The summed E-state index contributed by atoms with van der Waals surface area (Å²) in [6, 6.07) is 12.6. The maximum atomic E-state index is 13.9. The molecular formula is C32H39F4NO. The molecule has 0 amide bonds. The third kappa shape index (κ3) is 7.22. The minimum atomic E-state index is -1.75. The summed E-state index contributed by atoms with van der Waals surface area (Å²) in [6.45, 7) is 7.22. The maximum Gasteiger partial charge on any atom is 0.229 e. The van der Waals surface area contributed by atoms with E-state index in [1.807, 2.05) is 6.20 Å². The Balaban J connectivity index is 0.00000127. The van der Waals surface area contributed by atoms with Crippen molar-refractivity contribution < 1.29 is 22.7 Å². The molecule has 3 aromatic rings. The maximum absolute atomic E-state index is 13.9. The number of aliphatic hydroxyl groups is 1. The lowest BCUT2D eigenvalue weighted by atomic mass is 9.76. The van der Waals surface area contributed by atoms with E-state index in [2.05, 4.69) is 27.7 Å². The highest BCUT2D eigenvalue weighted by molar-refractivity contribution is 5.74. The highest BCUT2D eigenvalue weighted by Gasteiger charge is 2.31. The highest BCUT2D eigenvalue weighted by atomic mass is 19.3. The van der Waals surface area contributed by atoms with Gasteiger partial charge in [0, 0.05) is 17.7 Å². The molecular weight excluding hydrogens is 490 g/mol. The zero-order valence-corrected chi connectivity index (χ0v) is 22.8. The summed E-state index contributed by atoms with van der Waals surface area (Å²) in [5.74, 6) is -0.163. The third-order valence-electron chi connectivity index (χ3n) is 7.86. The van der Waals surface area contributed by atoms with Crippen LogP contribution in [-0.4, -0.2) is 17.0 Å². The molecule has 2 aromatic carbocycles. The molecule has 1 N–H and O–H groups in total. The van der Waals surface area contributed by atoms with Crippen LogP contribution in [0.2, 0.25) is 0 Å². The normalized spacial score (nSPS) is 15.6. The van der Waals surface area contributed by atoms with Crippen molar-refractivity contribution in [2.45, 2.75) is 84.2 Å². The lowest BCUT2D eigenvalue weighted by Gasteiger charge is -2.30. The van der Waals surface area contributed by atoms with Gasteiger partial charge >= 0.3 is 0 Å². The molecule has 0 bridgehead atoms. The summed E-state index contributed by atoms with van der Waals surface area (Å²) in [5, 5.41) is 11.8. The number of nitrogens with zero attached hydrogens (tertiary/aromatic N) is 1. The van der Waals surface area contributed by atoms with Crippen molar-refractivity contribution in [3.8, 4) is 11.1 Å². The van der Waals surface area contributed by atoms with E-state index in [0.29, 0.717) is 5.56 Å². The summed E-state index contributed by atoms with van der Waals surface area (Å²) in [7, 11) is 0. The van der Waals surface area contributed by atoms with Crippen LogP contribution >= 0.6 is 0 Å². The van der Waals surface area contributed by atoms with Gasteiger partial charge in [0.1, 0.15) is 17.7 Å². The number of pyridine rings is 1. The van der Waals surface area contributed by atoms with Gasteiger partial charge in [-0.3, -0.25) is 4.98 Å². The molecule has 2 nitrogen and oxygen atoms in total. The molecule has 2 atom stereocenters. The van der Waals surface area contributed by atoms with Crippen LogP contribution in [0.15, 0.2) is 54.7 Å². The van der Waals surface area contributed by atoms with Crippen LogP contribution in [0.5, 0.6) is 0 Å². The lowest BCUT2D eigenvalue weighted by molar-refractivity contribution is 0.218. The average Bonchev–Trinajstić information content (AvgIpc) is 3.43. The van der Waals surface area contributed by atoms with Crippen LogP contribution in [0.25, 0.3) is 11.1 Å². The fourth-order valence-electron chi connectivity index (χ4n) is 5.57. The molecule has 1 unspecified atom stereocenters. The molecule has 6 heteroatoms. The first-order valence-corrected chi connectivity index (χ1v) is 13.5. The van der Waals surface area contributed by atoms with Crippen molar-refractivity contribution >= 4 is 0 Å². The Hall–Kier alpha value is -2.73. The molecule has 1 aliphatic carbocycles. The molecule has 4 rings (SSSR count). The second-order valence-electron chi connectivity index (χ2n) is 11.1. The molecule has 1 aromatic heterocycles. The standard InChI is InChI=1S/C31H37F2NO.CH2F2/c1-5-31(3,4)18-20(2)26-19-34-29(22-8-6-7-9-22)28(27(26)21-10-14-24(32)15-11-21)30(35)23-12-16-25(33)17-13-23;2-1-3/h10-17,19-20,22,30,35H,5-9,18H2,1-4H3;1H2/t20-,30?;/m0./s1. The van der Waals surface area contributed by atoms with Gasteiger partial charge in [-0.2, -0.15) is 0 Å². The van der Waals surface area contributed by atoms with E-state index in [1.54, 1.807) is 24.3 Å². The van der Waals surface area contributed by atoms with Gasteiger partial charge in [0.05, 0.1) is 5.69 Å². The fourth-order valence-corrected chi connectivity index (χ4v) is 5.57. The van der Waals surface area contributed by atoms with Crippen molar-refractivity contribution in [3.05, 3.63) is 88.7 Å². The van der Waals surface area contributed by atoms with Crippen LogP contribution in [0, 0.1) is 17.0 Å². The number of aliphatic hydroxyl groups excluding tert-OH is 1. The molecule has 1 fully saturated rings. The zero-order chi connectivity index (χ0) is 27.9. The van der Waals surface area contributed by atoms with E-state index >= 15 is 0 Å². The van der Waals surface area contributed by atoms with Crippen LogP contribution in [0.4, 0.5) is 17.6 Å². The average molecular weight is 530 g/mol. The Kier molecular flexibility index (Phi) is 10.5. The molecule has 0 aliphatic heterocycles. The topological polar surface area (TPSA) is 33.1 Å². The van der Waals surface area contributed by atoms with E-state index in [4.69, 9.17) is 4.98 Å². The van der Waals surface area contributed by atoms with E-state index in [1.165, 1.54) is 24.3 Å². The van der Waals surface area contributed by atoms with E-state index < -0.39 is 13.0 Å². The van der Waals surface area contributed by atoms with Gasteiger partial charge in [0.2, 0.25) is 6.93 Å².